The number of halogens is 1. The number of allylic oxidation sites excluding steroid dienone is 1. The summed E-state index contributed by atoms with van der Waals surface area (Å²) >= 11 is 7.34. The summed E-state index contributed by atoms with van der Waals surface area (Å²) < 4.78 is 10.3. The molecule has 1 aliphatic heterocycles. The molecule has 1 aliphatic rings. The van der Waals surface area contributed by atoms with Gasteiger partial charge in [-0.2, -0.15) is 5.26 Å². The maximum atomic E-state index is 12.8. The fourth-order valence-corrected chi connectivity index (χ4v) is 4.24. The van der Waals surface area contributed by atoms with E-state index in [4.69, 9.17) is 21.1 Å². The number of rotatable bonds is 9. The highest BCUT2D eigenvalue weighted by Crippen LogP contribution is 2.41. The first-order chi connectivity index (χ1) is 14.9. The van der Waals surface area contributed by atoms with Gasteiger partial charge in [-0.15, -0.1) is 0 Å². The summed E-state index contributed by atoms with van der Waals surface area (Å²) in [6.07, 6.45) is 0.792. The van der Waals surface area contributed by atoms with Gasteiger partial charge in [0.15, 0.2) is 0 Å². The molecule has 0 bridgehead atoms. The van der Waals surface area contributed by atoms with Crippen molar-refractivity contribution in [2.24, 2.45) is 5.92 Å². The van der Waals surface area contributed by atoms with Crippen LogP contribution in [0.1, 0.15) is 31.7 Å². The van der Waals surface area contributed by atoms with Crippen LogP contribution in [0.15, 0.2) is 28.8 Å². The Morgan fingerprint density at radius 3 is 2.68 bits per heavy atom. The van der Waals surface area contributed by atoms with Crippen LogP contribution in [0.2, 0.25) is 5.02 Å². The molecule has 10 heteroatoms. The smallest absolute Gasteiger partial charge is 0.319 e. The van der Waals surface area contributed by atoms with Crippen LogP contribution in [-0.4, -0.2) is 43.8 Å². The number of hydrogen-bond acceptors (Lipinski definition) is 7. The summed E-state index contributed by atoms with van der Waals surface area (Å²) in [6, 6.07) is 6.94. The van der Waals surface area contributed by atoms with Crippen LogP contribution in [0.3, 0.4) is 0 Å². The third-order valence-corrected chi connectivity index (χ3v) is 5.83. The molecule has 1 aromatic rings. The van der Waals surface area contributed by atoms with E-state index in [0.29, 0.717) is 29.5 Å². The van der Waals surface area contributed by atoms with E-state index >= 15 is 0 Å². The Kier molecular flexibility index (Phi) is 9.21. The highest BCUT2D eigenvalue weighted by molar-refractivity contribution is 8.03. The van der Waals surface area contributed by atoms with Gasteiger partial charge in [-0.3, -0.25) is 14.4 Å². The van der Waals surface area contributed by atoms with Gasteiger partial charge in [0.25, 0.3) is 0 Å². The molecular formula is C21H24ClN3O5S. The average molecular weight is 466 g/mol. The second-order valence-corrected chi connectivity index (χ2v) is 7.98. The number of nitriles is 1. The van der Waals surface area contributed by atoms with Crippen molar-refractivity contribution < 1.29 is 23.9 Å². The normalized spacial score (nSPS) is 18.1. The van der Waals surface area contributed by atoms with Crippen LogP contribution in [0.5, 0.6) is 5.75 Å². The van der Waals surface area contributed by atoms with Crippen LogP contribution in [-0.2, 0) is 19.1 Å². The quantitative estimate of drug-likeness (QED) is 0.425. The third-order valence-electron chi connectivity index (χ3n) is 4.52. The standard InChI is InChI=1S/C21H24ClN3O5S/c1-4-8-24-16(26)11-31-20-13(10-23)17(18(19(27)25-20)21(28)29-3)12-6-7-15(30-5-2)14(22)9-12/h6-7,9,17-18H,4-5,8,11H2,1-3H3,(H,24,26)(H,25,27)/t17-,18-/m0/s1. The zero-order chi connectivity index (χ0) is 23.0. The minimum absolute atomic E-state index is 0.0143. The molecule has 8 nitrogen and oxygen atoms in total. The summed E-state index contributed by atoms with van der Waals surface area (Å²) in [6.45, 7) is 4.71. The van der Waals surface area contributed by atoms with Crippen LogP contribution in [0.4, 0.5) is 0 Å². The number of benzene rings is 1. The predicted molar refractivity (Wildman–Crippen MR) is 117 cm³/mol. The van der Waals surface area contributed by atoms with Crippen LogP contribution < -0.4 is 15.4 Å². The lowest BCUT2D eigenvalue weighted by molar-refractivity contribution is -0.150. The number of esters is 1. The van der Waals surface area contributed by atoms with E-state index in [0.717, 1.165) is 18.2 Å². The van der Waals surface area contributed by atoms with E-state index in [1.807, 2.05) is 13.8 Å². The summed E-state index contributed by atoms with van der Waals surface area (Å²) in [5, 5.41) is 15.7. The molecule has 0 radical (unpaired) electrons. The van der Waals surface area contributed by atoms with E-state index < -0.39 is 23.7 Å². The molecule has 0 fully saturated rings. The molecule has 0 saturated heterocycles. The lowest BCUT2D eigenvalue weighted by Gasteiger charge is -2.31. The number of amides is 2. The first-order valence-corrected chi connectivity index (χ1v) is 11.1. The molecule has 1 heterocycles. The van der Waals surface area contributed by atoms with Crippen LogP contribution in [0, 0.1) is 17.2 Å². The van der Waals surface area contributed by atoms with Crippen molar-refractivity contribution in [3.63, 3.8) is 0 Å². The lowest BCUT2D eigenvalue weighted by atomic mass is 9.78. The number of ether oxygens (including phenoxy) is 2. The Balaban J connectivity index is 2.48. The molecule has 31 heavy (non-hydrogen) atoms. The molecule has 2 N–H and O–H groups in total. The molecule has 0 aromatic heterocycles. The maximum absolute atomic E-state index is 12.8. The van der Waals surface area contributed by atoms with E-state index in [1.54, 1.807) is 18.2 Å². The highest BCUT2D eigenvalue weighted by atomic mass is 35.5. The molecule has 0 saturated carbocycles. The minimum atomic E-state index is -1.27. The van der Waals surface area contributed by atoms with E-state index in [1.165, 1.54) is 7.11 Å². The molecule has 2 rings (SSSR count). The Morgan fingerprint density at radius 1 is 1.35 bits per heavy atom. The summed E-state index contributed by atoms with van der Waals surface area (Å²) in [4.78, 5) is 37.2. The number of hydrogen-bond donors (Lipinski definition) is 2. The van der Waals surface area contributed by atoms with Gasteiger partial charge in [-0.25, -0.2) is 0 Å². The predicted octanol–water partition coefficient (Wildman–Crippen LogP) is 2.74. The monoisotopic (exact) mass is 465 g/mol. The number of nitrogens with zero attached hydrogens (tertiary/aromatic N) is 1. The second kappa shape index (κ2) is 11.6. The van der Waals surface area contributed by atoms with Gasteiger partial charge in [0.05, 0.1) is 41.2 Å². The molecule has 2 amide bonds. The zero-order valence-corrected chi connectivity index (χ0v) is 19.1. The van der Waals surface area contributed by atoms with Gasteiger partial charge >= 0.3 is 5.97 Å². The Hall–Kier alpha value is -2.70. The van der Waals surface area contributed by atoms with Gasteiger partial charge in [0.1, 0.15) is 11.7 Å². The van der Waals surface area contributed by atoms with Crippen molar-refractivity contribution in [2.45, 2.75) is 26.2 Å². The Morgan fingerprint density at radius 2 is 2.10 bits per heavy atom. The van der Waals surface area contributed by atoms with Gasteiger partial charge in [0.2, 0.25) is 11.8 Å². The van der Waals surface area contributed by atoms with Gasteiger partial charge in [0, 0.05) is 12.5 Å². The molecular weight excluding hydrogens is 442 g/mol. The Bertz CT molecular complexity index is 928. The average Bonchev–Trinajstić information content (AvgIpc) is 2.76. The van der Waals surface area contributed by atoms with Gasteiger partial charge < -0.3 is 20.1 Å². The SMILES string of the molecule is CCCNC(=O)CSC1=C(C#N)[C@H](c2ccc(OCC)c(Cl)c2)[C@H](C(=O)OC)C(=O)N1. The van der Waals surface area contributed by atoms with Crippen molar-refractivity contribution >= 4 is 41.1 Å². The molecule has 2 atom stereocenters. The number of methoxy groups -OCH3 is 1. The summed E-state index contributed by atoms with van der Waals surface area (Å²) in [5.74, 6) is -3.33. The summed E-state index contributed by atoms with van der Waals surface area (Å²) in [7, 11) is 1.18. The third kappa shape index (κ3) is 5.93. The Labute approximate surface area is 190 Å². The minimum Gasteiger partial charge on any atom is -0.492 e. The van der Waals surface area contributed by atoms with Crippen molar-refractivity contribution in [3.8, 4) is 11.8 Å². The van der Waals surface area contributed by atoms with Crippen LogP contribution >= 0.6 is 23.4 Å². The van der Waals surface area contributed by atoms with Crippen molar-refractivity contribution in [2.75, 3.05) is 26.0 Å². The first kappa shape index (κ1) is 24.6. The van der Waals surface area contributed by atoms with E-state index in [-0.39, 0.29) is 22.3 Å². The number of thioether (sulfide) groups is 1. The molecule has 166 valence electrons. The van der Waals surface area contributed by atoms with Crippen LogP contribution in [0.25, 0.3) is 0 Å². The van der Waals surface area contributed by atoms with Crippen molar-refractivity contribution in [3.05, 3.63) is 39.4 Å². The van der Waals surface area contributed by atoms with Gasteiger partial charge in [-0.05, 0) is 31.0 Å². The first-order valence-electron chi connectivity index (χ1n) is 9.72. The molecule has 0 spiro atoms. The zero-order valence-electron chi connectivity index (χ0n) is 17.5. The highest BCUT2D eigenvalue weighted by Gasteiger charge is 2.44. The van der Waals surface area contributed by atoms with E-state index in [2.05, 4.69) is 16.7 Å². The number of nitrogens with one attached hydrogen (secondary N) is 2. The van der Waals surface area contributed by atoms with Crippen molar-refractivity contribution in [1.82, 2.24) is 10.6 Å². The van der Waals surface area contributed by atoms with Crippen molar-refractivity contribution in [1.29, 1.82) is 5.26 Å². The molecule has 1 aromatic carbocycles. The molecule has 0 aliphatic carbocycles. The fourth-order valence-electron chi connectivity index (χ4n) is 3.12. The summed E-state index contributed by atoms with van der Waals surface area (Å²) in [5.41, 5.74) is 0.646. The maximum Gasteiger partial charge on any atom is 0.319 e. The largest absolute Gasteiger partial charge is 0.492 e. The topological polar surface area (TPSA) is 118 Å². The van der Waals surface area contributed by atoms with E-state index in [9.17, 15) is 19.6 Å². The fraction of sp³-hybridized carbons (Fsp3) is 0.429. The second-order valence-electron chi connectivity index (χ2n) is 6.58. The lowest BCUT2D eigenvalue weighted by Crippen LogP contribution is -2.44. The molecule has 0 unspecified atom stereocenters. The number of carbonyl (C=O) groups excluding carboxylic acids is 3. The number of carbonyl (C=O) groups is 3. The van der Waals surface area contributed by atoms with Gasteiger partial charge in [-0.1, -0.05) is 36.4 Å².